The number of nitrogens with one attached hydrogen (secondary N) is 1. The van der Waals surface area contributed by atoms with E-state index in [1.807, 2.05) is 18.2 Å². The molecule has 2 aliphatic heterocycles. The minimum Gasteiger partial charge on any atom is -0.479 e. The molecule has 1 fully saturated rings. The summed E-state index contributed by atoms with van der Waals surface area (Å²) < 4.78 is 6.27. The van der Waals surface area contributed by atoms with E-state index in [0.717, 1.165) is 29.4 Å². The fraction of sp³-hybridized carbons (Fsp3) is 0.250. The molecule has 0 radical (unpaired) electrons. The van der Waals surface area contributed by atoms with Crippen LogP contribution in [0.4, 0.5) is 0 Å². The van der Waals surface area contributed by atoms with Gasteiger partial charge in [-0.1, -0.05) is 35.4 Å². The van der Waals surface area contributed by atoms with Crippen LogP contribution >= 0.6 is 11.6 Å². The van der Waals surface area contributed by atoms with Gasteiger partial charge >= 0.3 is 0 Å². The molecule has 0 atom stereocenters. The van der Waals surface area contributed by atoms with Crippen LogP contribution < -0.4 is 10.1 Å². The first-order chi connectivity index (χ1) is 9.18. The van der Waals surface area contributed by atoms with Gasteiger partial charge in [-0.25, -0.2) is 0 Å². The van der Waals surface area contributed by atoms with Crippen LogP contribution in [0, 0.1) is 6.92 Å². The standard InChI is InChI=1S/C16H14ClNO/c1-10-2-4-12-13-5-3-11(17)7-15(13)19-16(8-18-9-16)14(12)6-10/h2-7,18H,8-9H2,1H3. The Bertz CT molecular complexity index is 676. The van der Waals surface area contributed by atoms with Crippen LogP contribution in [-0.4, -0.2) is 13.1 Å². The van der Waals surface area contributed by atoms with Crippen molar-refractivity contribution >= 4 is 11.6 Å². The van der Waals surface area contributed by atoms with Crippen LogP contribution in [0.25, 0.3) is 11.1 Å². The van der Waals surface area contributed by atoms with E-state index in [1.54, 1.807) is 0 Å². The van der Waals surface area contributed by atoms with Crippen LogP contribution in [0.15, 0.2) is 36.4 Å². The van der Waals surface area contributed by atoms with Gasteiger partial charge in [-0.2, -0.15) is 0 Å². The average Bonchev–Trinajstić information content (AvgIpc) is 2.35. The minimum atomic E-state index is -0.209. The van der Waals surface area contributed by atoms with Gasteiger partial charge in [0.1, 0.15) is 5.75 Å². The molecular weight excluding hydrogens is 258 g/mol. The second-order valence-corrected chi connectivity index (χ2v) is 5.83. The van der Waals surface area contributed by atoms with E-state index >= 15 is 0 Å². The van der Waals surface area contributed by atoms with Crippen molar-refractivity contribution in [3.8, 4) is 16.9 Å². The lowest BCUT2D eigenvalue weighted by molar-refractivity contribution is 0.00983. The SMILES string of the molecule is Cc1ccc2c(c1)C1(CNC1)Oc1cc(Cl)ccc1-2. The monoisotopic (exact) mass is 271 g/mol. The Morgan fingerprint density at radius 1 is 1.11 bits per heavy atom. The van der Waals surface area contributed by atoms with E-state index in [9.17, 15) is 0 Å². The molecule has 0 bridgehead atoms. The minimum absolute atomic E-state index is 0.209. The molecule has 0 aliphatic carbocycles. The highest BCUT2D eigenvalue weighted by Crippen LogP contribution is 2.47. The molecule has 0 aromatic heterocycles. The normalized spacial score (nSPS) is 18.2. The number of ether oxygens (including phenoxy) is 1. The topological polar surface area (TPSA) is 21.3 Å². The lowest BCUT2D eigenvalue weighted by Gasteiger charge is -2.47. The first-order valence-corrected chi connectivity index (χ1v) is 6.87. The maximum atomic E-state index is 6.27. The molecule has 1 spiro atoms. The van der Waals surface area contributed by atoms with Gasteiger partial charge in [-0.15, -0.1) is 0 Å². The van der Waals surface area contributed by atoms with Gasteiger partial charge in [0.15, 0.2) is 5.60 Å². The van der Waals surface area contributed by atoms with Crippen molar-refractivity contribution in [2.75, 3.05) is 13.1 Å². The van der Waals surface area contributed by atoms with Gasteiger partial charge in [-0.3, -0.25) is 0 Å². The number of fused-ring (bicyclic) bond motifs is 4. The molecule has 2 heterocycles. The third kappa shape index (κ3) is 1.54. The van der Waals surface area contributed by atoms with Crippen LogP contribution in [0.5, 0.6) is 5.75 Å². The van der Waals surface area contributed by atoms with Crippen molar-refractivity contribution in [3.05, 3.63) is 52.5 Å². The van der Waals surface area contributed by atoms with Crippen molar-refractivity contribution in [3.63, 3.8) is 0 Å². The van der Waals surface area contributed by atoms with Crippen molar-refractivity contribution in [1.29, 1.82) is 0 Å². The van der Waals surface area contributed by atoms with Crippen molar-refractivity contribution in [2.45, 2.75) is 12.5 Å². The highest BCUT2D eigenvalue weighted by Gasteiger charge is 2.46. The molecule has 0 unspecified atom stereocenters. The zero-order valence-electron chi connectivity index (χ0n) is 10.7. The third-order valence-corrected chi connectivity index (χ3v) is 4.26. The van der Waals surface area contributed by atoms with Crippen molar-refractivity contribution in [1.82, 2.24) is 5.32 Å². The fourth-order valence-electron chi connectivity index (χ4n) is 2.95. The summed E-state index contributed by atoms with van der Waals surface area (Å²) in [5.41, 5.74) is 4.76. The largest absolute Gasteiger partial charge is 0.479 e. The maximum absolute atomic E-state index is 6.27. The quantitative estimate of drug-likeness (QED) is 0.792. The van der Waals surface area contributed by atoms with Crippen LogP contribution in [0.1, 0.15) is 11.1 Å². The molecule has 4 rings (SSSR count). The van der Waals surface area contributed by atoms with Crippen LogP contribution in [0.3, 0.4) is 0 Å². The van der Waals surface area contributed by atoms with Gasteiger partial charge in [0.05, 0.1) is 0 Å². The second kappa shape index (κ2) is 3.75. The number of hydrogen-bond acceptors (Lipinski definition) is 2. The molecule has 96 valence electrons. The lowest BCUT2D eigenvalue weighted by Crippen LogP contribution is -2.61. The van der Waals surface area contributed by atoms with Gasteiger partial charge in [0, 0.05) is 29.2 Å². The molecule has 19 heavy (non-hydrogen) atoms. The molecule has 0 saturated carbocycles. The van der Waals surface area contributed by atoms with Gasteiger partial charge in [0.25, 0.3) is 0 Å². The number of aryl methyl sites for hydroxylation is 1. The third-order valence-electron chi connectivity index (χ3n) is 4.03. The summed E-state index contributed by atoms with van der Waals surface area (Å²) >= 11 is 6.09. The molecule has 1 saturated heterocycles. The lowest BCUT2D eigenvalue weighted by atomic mass is 9.79. The van der Waals surface area contributed by atoms with E-state index in [1.165, 1.54) is 16.7 Å². The summed E-state index contributed by atoms with van der Waals surface area (Å²) in [6.07, 6.45) is 0. The summed E-state index contributed by atoms with van der Waals surface area (Å²) in [4.78, 5) is 0. The average molecular weight is 272 g/mol. The van der Waals surface area contributed by atoms with E-state index in [0.29, 0.717) is 0 Å². The predicted octanol–water partition coefficient (Wildman–Crippen LogP) is 3.51. The Hall–Kier alpha value is -1.51. The Balaban J connectivity index is 2.00. The second-order valence-electron chi connectivity index (χ2n) is 5.39. The molecule has 2 nitrogen and oxygen atoms in total. The Morgan fingerprint density at radius 3 is 2.63 bits per heavy atom. The van der Waals surface area contributed by atoms with Gasteiger partial charge < -0.3 is 10.1 Å². The van der Waals surface area contributed by atoms with Crippen molar-refractivity contribution < 1.29 is 4.74 Å². The smallest absolute Gasteiger partial charge is 0.159 e. The van der Waals surface area contributed by atoms with Crippen molar-refractivity contribution in [2.24, 2.45) is 0 Å². The van der Waals surface area contributed by atoms with Gasteiger partial charge in [0.2, 0.25) is 0 Å². The number of benzene rings is 2. The molecule has 0 amide bonds. The Kier molecular flexibility index (Phi) is 2.23. The zero-order valence-corrected chi connectivity index (χ0v) is 11.4. The summed E-state index contributed by atoms with van der Waals surface area (Å²) in [5.74, 6) is 0.894. The predicted molar refractivity (Wildman–Crippen MR) is 76.8 cm³/mol. The van der Waals surface area contributed by atoms with Crippen LogP contribution in [0.2, 0.25) is 5.02 Å². The number of halogens is 1. The van der Waals surface area contributed by atoms with E-state index in [4.69, 9.17) is 16.3 Å². The first kappa shape index (κ1) is 11.3. The fourth-order valence-corrected chi connectivity index (χ4v) is 3.12. The molecule has 2 aromatic rings. The Labute approximate surface area is 117 Å². The zero-order chi connectivity index (χ0) is 13.0. The van der Waals surface area contributed by atoms with Gasteiger partial charge in [-0.05, 0) is 30.7 Å². The Morgan fingerprint density at radius 2 is 1.89 bits per heavy atom. The maximum Gasteiger partial charge on any atom is 0.159 e. The molecule has 3 heteroatoms. The number of hydrogen-bond donors (Lipinski definition) is 1. The van der Waals surface area contributed by atoms with E-state index < -0.39 is 0 Å². The molecule has 2 aliphatic rings. The molecule has 2 aromatic carbocycles. The summed E-state index contributed by atoms with van der Waals surface area (Å²) in [6.45, 7) is 3.84. The summed E-state index contributed by atoms with van der Waals surface area (Å²) in [6, 6.07) is 12.5. The van der Waals surface area contributed by atoms with Crippen LogP contribution in [-0.2, 0) is 5.60 Å². The highest BCUT2D eigenvalue weighted by molar-refractivity contribution is 6.30. The summed E-state index contributed by atoms with van der Waals surface area (Å²) in [7, 11) is 0. The highest BCUT2D eigenvalue weighted by atomic mass is 35.5. The molecular formula is C16H14ClNO. The van der Waals surface area contributed by atoms with E-state index in [2.05, 4.69) is 30.4 Å². The summed E-state index contributed by atoms with van der Waals surface area (Å²) in [5, 5.41) is 4.04. The van der Waals surface area contributed by atoms with E-state index in [-0.39, 0.29) is 5.60 Å². The first-order valence-electron chi connectivity index (χ1n) is 6.49. The number of rotatable bonds is 0. The molecule has 1 N–H and O–H groups in total.